The Balaban J connectivity index is 1.95. The summed E-state index contributed by atoms with van der Waals surface area (Å²) in [4.78, 5) is 8.77. The molecule has 1 aromatic heterocycles. The predicted molar refractivity (Wildman–Crippen MR) is 93.6 cm³/mol. The number of hydrogen-bond acceptors (Lipinski definition) is 4. The van der Waals surface area contributed by atoms with Gasteiger partial charge in [-0.25, -0.2) is 4.98 Å². The minimum absolute atomic E-state index is 0.570. The van der Waals surface area contributed by atoms with E-state index in [2.05, 4.69) is 30.9 Å². The molecule has 1 unspecified atom stereocenters. The van der Waals surface area contributed by atoms with Gasteiger partial charge >= 0.3 is 0 Å². The number of methoxy groups -OCH3 is 1. The molecule has 0 radical (unpaired) electrons. The molecular weight excluding hydrogens is 292 g/mol. The van der Waals surface area contributed by atoms with Crippen LogP contribution in [0, 0.1) is 0 Å². The van der Waals surface area contributed by atoms with Crippen molar-refractivity contribution in [2.24, 2.45) is 0 Å². The lowest BCUT2D eigenvalue weighted by Crippen LogP contribution is -2.39. The molecule has 0 bridgehead atoms. The molecule has 0 amide bonds. The van der Waals surface area contributed by atoms with E-state index in [0.29, 0.717) is 6.04 Å². The number of thiazole rings is 1. The molecule has 22 heavy (non-hydrogen) atoms. The normalized spacial score (nSPS) is 20.3. The summed E-state index contributed by atoms with van der Waals surface area (Å²) in [6, 6.07) is 0.570. The van der Waals surface area contributed by atoms with E-state index in [9.17, 15) is 0 Å². The number of aromatic nitrogens is 1. The van der Waals surface area contributed by atoms with Crippen molar-refractivity contribution in [3.8, 4) is 5.19 Å². The number of ether oxygens (including phenoxy) is 1. The maximum absolute atomic E-state index is 5.35. The summed E-state index contributed by atoms with van der Waals surface area (Å²) in [5.74, 6) is 0. The summed E-state index contributed by atoms with van der Waals surface area (Å²) >= 11 is 1.71. The highest BCUT2D eigenvalue weighted by molar-refractivity contribution is 7.13. The first kappa shape index (κ1) is 15.8. The number of rotatable bonds is 6. The topological polar surface area (TPSA) is 25.4 Å². The summed E-state index contributed by atoms with van der Waals surface area (Å²) in [5, 5.41) is 0.799. The Kier molecular flexibility index (Phi) is 4.99. The minimum Gasteiger partial charge on any atom is -0.473 e. The molecule has 0 saturated carbocycles. The molecule has 1 aromatic rings. The number of allylic oxidation sites excluding steroid dienone is 2. The molecule has 0 saturated heterocycles. The third-order valence-electron chi connectivity index (χ3n) is 4.58. The van der Waals surface area contributed by atoms with Gasteiger partial charge in [0.2, 0.25) is 0 Å². The molecule has 0 N–H and O–H groups in total. The van der Waals surface area contributed by atoms with Crippen LogP contribution < -0.4 is 4.74 Å². The first-order valence-electron chi connectivity index (χ1n) is 8.46. The van der Waals surface area contributed by atoms with Crippen LogP contribution in [0.25, 0.3) is 5.57 Å². The number of fused-ring (bicyclic) bond motifs is 2. The van der Waals surface area contributed by atoms with Gasteiger partial charge in [-0.15, -0.1) is 0 Å². The Bertz CT molecular complexity index is 582. The Morgan fingerprint density at radius 2 is 2.05 bits per heavy atom. The third-order valence-corrected chi connectivity index (χ3v) is 5.66. The molecule has 3 rings (SSSR count). The number of nitrogens with zero attached hydrogens (tertiary/aromatic N) is 2. The van der Waals surface area contributed by atoms with Gasteiger partial charge in [-0.2, -0.15) is 0 Å². The molecule has 0 aromatic carbocycles. The van der Waals surface area contributed by atoms with Crippen LogP contribution in [0.5, 0.6) is 5.19 Å². The SMILES string of the molecule is CCCN(CCC)C1CC=CC2=C1CCc1sc(OC)nc12. The highest BCUT2D eigenvalue weighted by Crippen LogP contribution is 2.42. The highest BCUT2D eigenvalue weighted by Gasteiger charge is 2.31. The lowest BCUT2D eigenvalue weighted by atomic mass is 9.83. The van der Waals surface area contributed by atoms with E-state index in [0.717, 1.165) is 18.0 Å². The van der Waals surface area contributed by atoms with Gasteiger partial charge in [0.05, 0.1) is 12.8 Å². The van der Waals surface area contributed by atoms with Crippen molar-refractivity contribution in [3.05, 3.63) is 28.3 Å². The molecule has 0 aliphatic heterocycles. The van der Waals surface area contributed by atoms with E-state index in [1.165, 1.54) is 48.5 Å². The number of aryl methyl sites for hydroxylation is 1. The molecule has 1 heterocycles. The molecule has 0 spiro atoms. The van der Waals surface area contributed by atoms with Crippen LogP contribution in [-0.2, 0) is 6.42 Å². The van der Waals surface area contributed by atoms with Crippen molar-refractivity contribution < 1.29 is 4.74 Å². The average molecular weight is 318 g/mol. The van der Waals surface area contributed by atoms with E-state index >= 15 is 0 Å². The second kappa shape index (κ2) is 6.97. The van der Waals surface area contributed by atoms with Gasteiger partial charge in [-0.3, -0.25) is 4.90 Å². The van der Waals surface area contributed by atoms with Gasteiger partial charge < -0.3 is 4.74 Å². The van der Waals surface area contributed by atoms with Crippen LogP contribution >= 0.6 is 11.3 Å². The Hall–Kier alpha value is -1.13. The lowest BCUT2D eigenvalue weighted by Gasteiger charge is -2.37. The first-order valence-corrected chi connectivity index (χ1v) is 9.27. The zero-order valence-corrected chi connectivity index (χ0v) is 14.7. The minimum atomic E-state index is 0.570. The lowest BCUT2D eigenvalue weighted by molar-refractivity contribution is 0.218. The Morgan fingerprint density at radius 3 is 2.73 bits per heavy atom. The van der Waals surface area contributed by atoms with Gasteiger partial charge in [-0.05, 0) is 50.8 Å². The van der Waals surface area contributed by atoms with Crippen molar-refractivity contribution >= 4 is 16.9 Å². The molecule has 4 heteroatoms. The Morgan fingerprint density at radius 1 is 1.27 bits per heavy atom. The standard InChI is InChI=1S/C18H26N2OS/c1-4-11-20(12-5-2)15-8-6-7-14-13(15)9-10-16-17(14)19-18(21-3)22-16/h6-7,15H,4-5,8-12H2,1-3H3. The largest absolute Gasteiger partial charge is 0.473 e. The van der Waals surface area contributed by atoms with Crippen molar-refractivity contribution in [2.75, 3.05) is 20.2 Å². The van der Waals surface area contributed by atoms with E-state index in [1.54, 1.807) is 24.0 Å². The molecule has 0 fully saturated rings. The zero-order chi connectivity index (χ0) is 15.5. The molecule has 1 atom stereocenters. The Labute approximate surface area is 137 Å². The van der Waals surface area contributed by atoms with E-state index in [1.807, 2.05) is 0 Å². The molecule has 2 aliphatic rings. The van der Waals surface area contributed by atoms with Crippen LogP contribution in [0.1, 0.15) is 50.1 Å². The van der Waals surface area contributed by atoms with Gasteiger partial charge in [0, 0.05) is 16.5 Å². The van der Waals surface area contributed by atoms with Crippen LogP contribution in [-0.4, -0.2) is 36.1 Å². The predicted octanol–water partition coefficient (Wildman–Crippen LogP) is 4.30. The van der Waals surface area contributed by atoms with Gasteiger partial charge in [0.15, 0.2) is 0 Å². The van der Waals surface area contributed by atoms with E-state index in [-0.39, 0.29) is 0 Å². The summed E-state index contributed by atoms with van der Waals surface area (Å²) in [5.41, 5.74) is 4.15. The fraction of sp³-hybridized carbons (Fsp3) is 0.611. The molecule has 2 aliphatic carbocycles. The average Bonchev–Trinajstić information content (AvgIpc) is 2.98. The van der Waals surface area contributed by atoms with Gasteiger partial charge in [0.25, 0.3) is 5.19 Å². The monoisotopic (exact) mass is 318 g/mol. The maximum Gasteiger partial charge on any atom is 0.273 e. The summed E-state index contributed by atoms with van der Waals surface area (Å²) in [6.07, 6.45) is 10.5. The van der Waals surface area contributed by atoms with Crippen LogP contribution in [0.2, 0.25) is 0 Å². The summed E-state index contributed by atoms with van der Waals surface area (Å²) in [7, 11) is 1.71. The summed E-state index contributed by atoms with van der Waals surface area (Å²) in [6.45, 7) is 6.94. The van der Waals surface area contributed by atoms with Gasteiger partial charge in [-0.1, -0.05) is 37.3 Å². The smallest absolute Gasteiger partial charge is 0.273 e. The van der Waals surface area contributed by atoms with E-state index in [4.69, 9.17) is 9.72 Å². The molecule has 120 valence electrons. The molecule has 3 nitrogen and oxygen atoms in total. The van der Waals surface area contributed by atoms with Gasteiger partial charge in [0.1, 0.15) is 0 Å². The van der Waals surface area contributed by atoms with Crippen LogP contribution in [0.15, 0.2) is 17.7 Å². The zero-order valence-electron chi connectivity index (χ0n) is 13.9. The third kappa shape index (κ3) is 2.86. The maximum atomic E-state index is 5.35. The quantitative estimate of drug-likeness (QED) is 0.782. The second-order valence-electron chi connectivity index (χ2n) is 6.08. The van der Waals surface area contributed by atoms with Crippen LogP contribution in [0.3, 0.4) is 0 Å². The molecular formula is C18H26N2OS. The number of hydrogen-bond donors (Lipinski definition) is 0. The van der Waals surface area contributed by atoms with Crippen molar-refractivity contribution in [1.29, 1.82) is 0 Å². The van der Waals surface area contributed by atoms with Crippen molar-refractivity contribution in [1.82, 2.24) is 9.88 Å². The van der Waals surface area contributed by atoms with Crippen LogP contribution in [0.4, 0.5) is 0 Å². The fourth-order valence-corrected chi connectivity index (χ4v) is 4.58. The van der Waals surface area contributed by atoms with Crippen molar-refractivity contribution in [3.63, 3.8) is 0 Å². The highest BCUT2D eigenvalue weighted by atomic mass is 32.1. The van der Waals surface area contributed by atoms with Crippen molar-refractivity contribution in [2.45, 2.75) is 52.0 Å². The fourth-order valence-electron chi connectivity index (χ4n) is 3.69. The summed E-state index contributed by atoms with van der Waals surface area (Å²) < 4.78 is 5.35. The first-order chi connectivity index (χ1) is 10.8. The van der Waals surface area contributed by atoms with E-state index < -0.39 is 0 Å². The second-order valence-corrected chi connectivity index (χ2v) is 7.13.